The fourth-order valence-corrected chi connectivity index (χ4v) is 6.15. The van der Waals surface area contributed by atoms with E-state index in [4.69, 9.17) is 0 Å². The molecule has 0 bridgehead atoms. The molecule has 5 rings (SSSR count). The summed E-state index contributed by atoms with van der Waals surface area (Å²) in [6.07, 6.45) is -1.74. The van der Waals surface area contributed by atoms with Crippen molar-refractivity contribution in [3.05, 3.63) is 41.6 Å². The van der Waals surface area contributed by atoms with Crippen LogP contribution < -0.4 is 10.6 Å². The summed E-state index contributed by atoms with van der Waals surface area (Å²) in [5.74, 6) is -0.524. The molecule has 3 heterocycles. The predicted molar refractivity (Wildman–Crippen MR) is 121 cm³/mol. The number of nitriles is 1. The monoisotopic (exact) mass is 471 g/mol. The molecule has 2 saturated heterocycles. The number of hydrogen-bond donors (Lipinski definition) is 2. The average Bonchev–Trinajstić information content (AvgIpc) is 3.41. The van der Waals surface area contributed by atoms with Crippen molar-refractivity contribution in [2.75, 3.05) is 19.6 Å². The van der Waals surface area contributed by atoms with Gasteiger partial charge in [-0.3, -0.25) is 9.78 Å². The van der Waals surface area contributed by atoms with Crippen molar-refractivity contribution in [3.8, 4) is 6.07 Å². The van der Waals surface area contributed by atoms with Gasteiger partial charge < -0.3 is 15.5 Å². The molecule has 1 saturated carbocycles. The molecule has 180 valence electrons. The third-order valence-electron chi connectivity index (χ3n) is 8.19. The van der Waals surface area contributed by atoms with Crippen LogP contribution in [0.1, 0.15) is 50.3 Å². The Labute approximate surface area is 196 Å². The Morgan fingerprint density at radius 1 is 1.29 bits per heavy atom. The van der Waals surface area contributed by atoms with E-state index in [0.717, 1.165) is 25.9 Å². The molecule has 3 aliphatic rings. The van der Waals surface area contributed by atoms with Gasteiger partial charge >= 0.3 is 6.18 Å². The number of alkyl halides is 3. The number of carbonyl (C=O) groups excluding carboxylic acids is 1. The number of nitrogens with one attached hydrogen (secondary N) is 2. The topological polar surface area (TPSA) is 81.0 Å². The lowest BCUT2D eigenvalue weighted by molar-refractivity contribution is -0.193. The molecule has 9 heteroatoms. The van der Waals surface area contributed by atoms with E-state index < -0.39 is 29.0 Å². The Bertz CT molecular complexity index is 1170. The number of likely N-dealkylation sites (tertiary alicyclic amines) is 1. The van der Waals surface area contributed by atoms with Gasteiger partial charge in [0.1, 0.15) is 6.07 Å². The maximum absolute atomic E-state index is 14.4. The summed E-state index contributed by atoms with van der Waals surface area (Å²) in [6.45, 7) is 5.56. The molecular formula is C25H28F3N5O. The zero-order chi connectivity index (χ0) is 24.3. The normalized spacial score (nSPS) is 29.7. The second kappa shape index (κ2) is 7.92. The van der Waals surface area contributed by atoms with Crippen molar-refractivity contribution in [2.24, 2.45) is 10.8 Å². The third kappa shape index (κ3) is 3.23. The molecule has 3 unspecified atom stereocenters. The van der Waals surface area contributed by atoms with Crippen LogP contribution in [0.4, 0.5) is 13.2 Å². The molecule has 0 radical (unpaired) electrons. The number of amides is 1. The number of halogens is 3. The standard InChI is InChI=1S/C25H28F3N5O/c1-15(2)33-10-7-17(8-11-33)32-22(34)24-13-23(24,25(26,27)28)14-31-21(24)19-6-5-16(12-29)20-18(19)4-3-9-30-20/h3-6,9,15,17,21,31H,7-8,10-11,13-14H2,1-2H3,(H,32,34). The molecule has 2 N–H and O–H groups in total. The van der Waals surface area contributed by atoms with Gasteiger partial charge in [0, 0.05) is 49.3 Å². The number of aromatic nitrogens is 1. The van der Waals surface area contributed by atoms with E-state index in [2.05, 4.69) is 40.4 Å². The lowest BCUT2D eigenvalue weighted by atomic mass is 9.83. The summed E-state index contributed by atoms with van der Waals surface area (Å²) in [5, 5.41) is 16.1. The van der Waals surface area contributed by atoms with E-state index in [-0.39, 0.29) is 19.0 Å². The Hall–Kier alpha value is -2.70. The van der Waals surface area contributed by atoms with Crippen molar-refractivity contribution < 1.29 is 18.0 Å². The van der Waals surface area contributed by atoms with Crippen LogP contribution in [-0.2, 0) is 4.79 Å². The van der Waals surface area contributed by atoms with E-state index in [1.807, 2.05) is 0 Å². The lowest BCUT2D eigenvalue weighted by Crippen LogP contribution is -2.50. The first kappa shape index (κ1) is 23.1. The first-order chi connectivity index (χ1) is 16.1. The molecule has 1 aliphatic carbocycles. The van der Waals surface area contributed by atoms with Crippen LogP contribution >= 0.6 is 0 Å². The lowest BCUT2D eigenvalue weighted by Gasteiger charge is -2.36. The van der Waals surface area contributed by atoms with Crippen molar-refractivity contribution in [1.82, 2.24) is 20.5 Å². The highest BCUT2D eigenvalue weighted by molar-refractivity contribution is 5.93. The summed E-state index contributed by atoms with van der Waals surface area (Å²) in [4.78, 5) is 20.3. The van der Waals surface area contributed by atoms with Crippen LogP contribution in [0.15, 0.2) is 30.5 Å². The summed E-state index contributed by atoms with van der Waals surface area (Å²) >= 11 is 0. The third-order valence-corrected chi connectivity index (χ3v) is 8.19. The maximum atomic E-state index is 14.4. The van der Waals surface area contributed by atoms with Gasteiger partial charge in [-0.2, -0.15) is 18.4 Å². The SMILES string of the molecule is CC(C)N1CCC(NC(=O)C23CC2(C(F)(F)F)CNC3c2ccc(C#N)c3ncccc23)CC1. The molecule has 0 spiro atoms. The first-order valence-electron chi connectivity index (χ1n) is 11.8. The summed E-state index contributed by atoms with van der Waals surface area (Å²) in [5.41, 5.74) is -2.33. The molecule has 2 aliphatic heterocycles. The second-order valence-electron chi connectivity index (χ2n) is 10.1. The predicted octanol–water partition coefficient (Wildman–Crippen LogP) is 3.68. The minimum absolute atomic E-state index is 0.135. The zero-order valence-electron chi connectivity index (χ0n) is 19.2. The van der Waals surface area contributed by atoms with Crippen molar-refractivity contribution in [3.63, 3.8) is 0 Å². The fourth-order valence-electron chi connectivity index (χ4n) is 6.15. The van der Waals surface area contributed by atoms with Crippen molar-refractivity contribution in [1.29, 1.82) is 5.26 Å². The Morgan fingerprint density at radius 3 is 2.65 bits per heavy atom. The maximum Gasteiger partial charge on any atom is 0.396 e. The molecule has 3 fully saturated rings. The van der Waals surface area contributed by atoms with E-state index in [0.29, 0.717) is 28.1 Å². The van der Waals surface area contributed by atoms with Crippen LogP contribution in [0, 0.1) is 22.2 Å². The summed E-state index contributed by atoms with van der Waals surface area (Å²) in [6, 6.07) is 8.24. The van der Waals surface area contributed by atoms with Crippen LogP contribution in [-0.4, -0.2) is 53.7 Å². The van der Waals surface area contributed by atoms with E-state index in [9.17, 15) is 23.2 Å². The molecule has 34 heavy (non-hydrogen) atoms. The number of pyridine rings is 1. The van der Waals surface area contributed by atoms with Gasteiger partial charge in [-0.05, 0) is 50.8 Å². The number of hydrogen-bond acceptors (Lipinski definition) is 5. The smallest absolute Gasteiger partial charge is 0.353 e. The number of nitrogens with zero attached hydrogens (tertiary/aromatic N) is 3. The van der Waals surface area contributed by atoms with Gasteiger partial charge in [-0.1, -0.05) is 12.1 Å². The van der Waals surface area contributed by atoms with Crippen LogP contribution in [0.25, 0.3) is 10.9 Å². The van der Waals surface area contributed by atoms with Crippen molar-refractivity contribution >= 4 is 16.8 Å². The van der Waals surface area contributed by atoms with Gasteiger partial charge in [-0.25, -0.2) is 0 Å². The number of carbonyl (C=O) groups is 1. The average molecular weight is 472 g/mol. The van der Waals surface area contributed by atoms with Crippen LogP contribution in [0.2, 0.25) is 0 Å². The highest BCUT2D eigenvalue weighted by Crippen LogP contribution is 2.78. The fraction of sp³-hybridized carbons (Fsp3) is 0.560. The van der Waals surface area contributed by atoms with Crippen molar-refractivity contribution in [2.45, 2.75) is 57.4 Å². The Kier molecular flexibility index (Phi) is 5.37. The highest BCUT2D eigenvalue weighted by atomic mass is 19.4. The summed E-state index contributed by atoms with van der Waals surface area (Å²) < 4.78 is 43.1. The van der Waals surface area contributed by atoms with Gasteiger partial charge in [-0.15, -0.1) is 0 Å². The minimum Gasteiger partial charge on any atom is -0.353 e. The van der Waals surface area contributed by atoms with Crippen LogP contribution in [0.5, 0.6) is 0 Å². The molecule has 1 amide bonds. The van der Waals surface area contributed by atoms with Crippen LogP contribution in [0.3, 0.4) is 0 Å². The minimum atomic E-state index is -4.51. The molecule has 2 aromatic rings. The van der Waals surface area contributed by atoms with E-state index in [1.54, 1.807) is 30.5 Å². The Morgan fingerprint density at radius 2 is 2.03 bits per heavy atom. The van der Waals surface area contributed by atoms with E-state index in [1.165, 1.54) is 0 Å². The summed E-state index contributed by atoms with van der Waals surface area (Å²) in [7, 11) is 0. The molecular weight excluding hydrogens is 443 g/mol. The number of piperidine rings is 2. The van der Waals surface area contributed by atoms with Gasteiger partial charge in [0.25, 0.3) is 0 Å². The van der Waals surface area contributed by atoms with Gasteiger partial charge in [0.05, 0.1) is 21.9 Å². The number of benzene rings is 1. The molecule has 1 aromatic carbocycles. The van der Waals surface area contributed by atoms with E-state index >= 15 is 0 Å². The molecule has 1 aromatic heterocycles. The Balaban J connectivity index is 1.50. The highest BCUT2D eigenvalue weighted by Gasteiger charge is 2.87. The zero-order valence-corrected chi connectivity index (χ0v) is 19.2. The molecule has 3 atom stereocenters. The number of rotatable bonds is 4. The molecule has 6 nitrogen and oxygen atoms in total. The largest absolute Gasteiger partial charge is 0.396 e. The first-order valence-corrected chi connectivity index (χ1v) is 11.8. The van der Waals surface area contributed by atoms with Gasteiger partial charge in [0.2, 0.25) is 5.91 Å². The second-order valence-corrected chi connectivity index (χ2v) is 10.1. The number of fused-ring (bicyclic) bond motifs is 2. The van der Waals surface area contributed by atoms with Gasteiger partial charge in [0.15, 0.2) is 0 Å². The quantitative estimate of drug-likeness (QED) is 0.711.